The number of aryl methyl sites for hydroxylation is 3. The van der Waals surface area contributed by atoms with E-state index in [4.69, 9.17) is 5.73 Å². The minimum absolute atomic E-state index is 0.220. The third-order valence-corrected chi connectivity index (χ3v) is 2.55. The first-order valence-electron chi connectivity index (χ1n) is 5.52. The highest BCUT2D eigenvalue weighted by Crippen LogP contribution is 2.15. The number of amides is 1. The Balaban J connectivity index is 2.24. The molecule has 0 unspecified atom stereocenters. The van der Waals surface area contributed by atoms with Crippen LogP contribution in [0.5, 0.6) is 0 Å². The molecule has 0 radical (unpaired) electrons. The van der Waals surface area contributed by atoms with Crippen LogP contribution in [0.3, 0.4) is 0 Å². The zero-order chi connectivity index (χ0) is 13.3. The van der Waals surface area contributed by atoms with Gasteiger partial charge in [-0.2, -0.15) is 5.10 Å². The number of rotatable bonds is 2. The standard InChI is InChI=1S/C12H15N5O/c1-7-4-5-10(8(2)14-7)15-12(18)11-9(13)6-17(3)16-11/h4-6H,13H2,1-3H3,(H,15,18). The van der Waals surface area contributed by atoms with E-state index in [1.165, 1.54) is 4.68 Å². The fraction of sp³-hybridized carbons (Fsp3) is 0.250. The van der Waals surface area contributed by atoms with Crippen LogP contribution in [-0.4, -0.2) is 20.7 Å². The molecule has 0 aromatic carbocycles. The number of carbonyl (C=O) groups excluding carboxylic acids is 1. The summed E-state index contributed by atoms with van der Waals surface area (Å²) in [5.74, 6) is -0.332. The Morgan fingerprint density at radius 3 is 2.67 bits per heavy atom. The molecule has 18 heavy (non-hydrogen) atoms. The summed E-state index contributed by atoms with van der Waals surface area (Å²) in [5.41, 5.74) is 8.60. The molecule has 94 valence electrons. The molecule has 2 heterocycles. The molecule has 2 aromatic heterocycles. The van der Waals surface area contributed by atoms with Gasteiger partial charge in [-0.1, -0.05) is 0 Å². The number of anilines is 2. The SMILES string of the molecule is Cc1ccc(NC(=O)c2nn(C)cc2N)c(C)n1. The van der Waals surface area contributed by atoms with Gasteiger partial charge in [0.2, 0.25) is 0 Å². The zero-order valence-electron chi connectivity index (χ0n) is 10.6. The van der Waals surface area contributed by atoms with Gasteiger partial charge in [-0.05, 0) is 26.0 Å². The molecular weight excluding hydrogens is 230 g/mol. The molecule has 1 amide bonds. The Hall–Kier alpha value is -2.37. The highest BCUT2D eigenvalue weighted by molar-refractivity contribution is 6.06. The number of nitrogens with one attached hydrogen (secondary N) is 1. The quantitative estimate of drug-likeness (QED) is 0.834. The molecule has 6 heteroatoms. The minimum Gasteiger partial charge on any atom is -0.396 e. The van der Waals surface area contributed by atoms with Gasteiger partial charge in [-0.25, -0.2) is 0 Å². The largest absolute Gasteiger partial charge is 0.396 e. The van der Waals surface area contributed by atoms with Crippen LogP contribution < -0.4 is 11.1 Å². The molecule has 0 saturated heterocycles. The van der Waals surface area contributed by atoms with Gasteiger partial charge >= 0.3 is 0 Å². The van der Waals surface area contributed by atoms with Gasteiger partial charge in [0, 0.05) is 18.9 Å². The second kappa shape index (κ2) is 4.48. The van der Waals surface area contributed by atoms with Crippen molar-refractivity contribution in [3.8, 4) is 0 Å². The van der Waals surface area contributed by atoms with Crippen molar-refractivity contribution in [1.82, 2.24) is 14.8 Å². The van der Waals surface area contributed by atoms with Crippen LogP contribution in [-0.2, 0) is 7.05 Å². The summed E-state index contributed by atoms with van der Waals surface area (Å²) < 4.78 is 1.50. The van der Waals surface area contributed by atoms with Gasteiger partial charge in [0.25, 0.3) is 5.91 Å². The van der Waals surface area contributed by atoms with E-state index in [1.807, 2.05) is 26.0 Å². The lowest BCUT2D eigenvalue weighted by molar-refractivity contribution is 0.102. The number of nitrogen functional groups attached to an aromatic ring is 1. The van der Waals surface area contributed by atoms with E-state index < -0.39 is 0 Å². The molecule has 0 aliphatic rings. The maximum atomic E-state index is 12.0. The predicted octanol–water partition coefficient (Wildman–Crippen LogP) is 1.27. The van der Waals surface area contributed by atoms with E-state index in [-0.39, 0.29) is 11.6 Å². The first-order chi connectivity index (χ1) is 8.47. The summed E-state index contributed by atoms with van der Waals surface area (Å²) in [6, 6.07) is 3.65. The summed E-state index contributed by atoms with van der Waals surface area (Å²) in [6.07, 6.45) is 1.59. The molecule has 0 bridgehead atoms. The Kier molecular flexibility index (Phi) is 3.01. The average molecular weight is 245 g/mol. The lowest BCUT2D eigenvalue weighted by atomic mass is 10.2. The summed E-state index contributed by atoms with van der Waals surface area (Å²) >= 11 is 0. The third-order valence-electron chi connectivity index (χ3n) is 2.55. The van der Waals surface area contributed by atoms with Crippen LogP contribution >= 0.6 is 0 Å². The van der Waals surface area contributed by atoms with Crippen LogP contribution in [0.1, 0.15) is 21.9 Å². The normalized spacial score (nSPS) is 10.4. The van der Waals surface area contributed by atoms with Crippen LogP contribution in [0.15, 0.2) is 18.3 Å². The van der Waals surface area contributed by atoms with Gasteiger partial charge in [-0.3, -0.25) is 14.5 Å². The van der Waals surface area contributed by atoms with Gasteiger partial charge in [0.05, 0.1) is 17.1 Å². The van der Waals surface area contributed by atoms with E-state index in [0.29, 0.717) is 11.4 Å². The number of carbonyl (C=O) groups is 1. The fourth-order valence-electron chi connectivity index (χ4n) is 1.68. The topological polar surface area (TPSA) is 85.8 Å². The highest BCUT2D eigenvalue weighted by Gasteiger charge is 2.15. The van der Waals surface area contributed by atoms with Gasteiger partial charge in [-0.15, -0.1) is 0 Å². The van der Waals surface area contributed by atoms with E-state index in [0.717, 1.165) is 11.4 Å². The van der Waals surface area contributed by atoms with E-state index in [1.54, 1.807) is 13.2 Å². The number of hydrogen-bond acceptors (Lipinski definition) is 4. The first kappa shape index (κ1) is 12.1. The van der Waals surface area contributed by atoms with E-state index in [2.05, 4.69) is 15.4 Å². The Labute approximate surface area is 105 Å². The molecular formula is C12H15N5O. The van der Waals surface area contributed by atoms with Crippen LogP contribution in [0.25, 0.3) is 0 Å². The van der Waals surface area contributed by atoms with Crippen molar-refractivity contribution >= 4 is 17.3 Å². The summed E-state index contributed by atoms with van der Waals surface area (Å²) in [4.78, 5) is 16.3. The molecule has 6 nitrogen and oxygen atoms in total. The van der Waals surface area contributed by atoms with E-state index >= 15 is 0 Å². The van der Waals surface area contributed by atoms with Crippen molar-refractivity contribution in [2.75, 3.05) is 11.1 Å². The van der Waals surface area contributed by atoms with Crippen molar-refractivity contribution in [3.63, 3.8) is 0 Å². The maximum Gasteiger partial charge on any atom is 0.278 e. The van der Waals surface area contributed by atoms with Crippen molar-refractivity contribution in [3.05, 3.63) is 35.4 Å². The molecule has 0 aliphatic heterocycles. The lowest BCUT2D eigenvalue weighted by Gasteiger charge is -2.07. The monoisotopic (exact) mass is 245 g/mol. The first-order valence-corrected chi connectivity index (χ1v) is 5.52. The van der Waals surface area contributed by atoms with Gasteiger partial charge < -0.3 is 11.1 Å². The smallest absolute Gasteiger partial charge is 0.278 e. The number of aromatic nitrogens is 3. The number of nitrogens with zero attached hydrogens (tertiary/aromatic N) is 3. The molecule has 0 atom stereocenters. The van der Waals surface area contributed by atoms with Crippen molar-refractivity contribution in [2.45, 2.75) is 13.8 Å². The molecule has 0 fully saturated rings. The summed E-state index contributed by atoms with van der Waals surface area (Å²) in [5, 5.41) is 6.76. The highest BCUT2D eigenvalue weighted by atomic mass is 16.2. The third kappa shape index (κ3) is 2.32. The molecule has 0 aliphatic carbocycles. The van der Waals surface area contributed by atoms with Gasteiger partial charge in [0.15, 0.2) is 5.69 Å². The van der Waals surface area contributed by atoms with Crippen LogP contribution in [0, 0.1) is 13.8 Å². The maximum absolute atomic E-state index is 12.0. The second-order valence-electron chi connectivity index (χ2n) is 4.15. The van der Waals surface area contributed by atoms with E-state index in [9.17, 15) is 4.79 Å². The summed E-state index contributed by atoms with van der Waals surface area (Å²) in [7, 11) is 1.71. The predicted molar refractivity (Wildman–Crippen MR) is 69.3 cm³/mol. The average Bonchev–Trinajstić information content (AvgIpc) is 2.62. The van der Waals surface area contributed by atoms with Crippen molar-refractivity contribution in [1.29, 1.82) is 0 Å². The molecule has 3 N–H and O–H groups in total. The lowest BCUT2D eigenvalue weighted by Crippen LogP contribution is -2.15. The number of hydrogen-bond donors (Lipinski definition) is 2. The molecule has 2 rings (SSSR count). The van der Waals surface area contributed by atoms with Crippen molar-refractivity contribution < 1.29 is 4.79 Å². The number of pyridine rings is 1. The fourth-order valence-corrected chi connectivity index (χ4v) is 1.68. The molecule has 0 spiro atoms. The summed E-state index contributed by atoms with van der Waals surface area (Å²) in [6.45, 7) is 3.74. The Bertz CT molecular complexity index is 603. The molecule has 2 aromatic rings. The number of nitrogens with two attached hydrogens (primary N) is 1. The van der Waals surface area contributed by atoms with Gasteiger partial charge in [0.1, 0.15) is 0 Å². The second-order valence-corrected chi connectivity index (χ2v) is 4.15. The minimum atomic E-state index is -0.332. The Morgan fingerprint density at radius 2 is 2.11 bits per heavy atom. The van der Waals surface area contributed by atoms with Crippen LogP contribution in [0.4, 0.5) is 11.4 Å². The zero-order valence-corrected chi connectivity index (χ0v) is 10.6. The Morgan fingerprint density at radius 1 is 1.39 bits per heavy atom. The van der Waals surface area contributed by atoms with Crippen LogP contribution in [0.2, 0.25) is 0 Å². The molecule has 0 saturated carbocycles. The van der Waals surface area contributed by atoms with Crippen molar-refractivity contribution in [2.24, 2.45) is 7.05 Å².